The zero-order chi connectivity index (χ0) is 14.1. The molecule has 1 N–H and O–H groups in total. The summed E-state index contributed by atoms with van der Waals surface area (Å²) in [4.78, 5) is 11.9. The Kier molecular flexibility index (Phi) is 7.33. The van der Waals surface area contributed by atoms with Gasteiger partial charge in [0, 0.05) is 17.4 Å². The van der Waals surface area contributed by atoms with Crippen LogP contribution >= 0.6 is 15.9 Å². The smallest absolute Gasteiger partial charge is 0.251 e. The molecule has 0 bridgehead atoms. The summed E-state index contributed by atoms with van der Waals surface area (Å²) in [5, 5.41) is 3.73. The van der Waals surface area contributed by atoms with Gasteiger partial charge in [0.2, 0.25) is 0 Å². The summed E-state index contributed by atoms with van der Waals surface area (Å²) >= 11 is 3.33. The van der Waals surface area contributed by atoms with E-state index in [0.29, 0.717) is 36.8 Å². The van der Waals surface area contributed by atoms with Crippen LogP contribution in [0.4, 0.5) is 0 Å². The van der Waals surface area contributed by atoms with E-state index in [0.717, 1.165) is 11.8 Å². The Bertz CT molecular complexity index is 410. The Labute approximate surface area is 122 Å². The molecule has 1 rings (SSSR count). The average molecular weight is 330 g/mol. The number of benzene rings is 1. The van der Waals surface area contributed by atoms with Crippen LogP contribution in [-0.4, -0.2) is 31.0 Å². The van der Waals surface area contributed by atoms with Crippen molar-refractivity contribution in [2.24, 2.45) is 0 Å². The standard InChI is InChI=1S/C14H20BrNO3/c1-3-18-12-7-6-11(10-13(12)19-4-2)14(17)16-9-5-8-15/h6-7,10H,3-5,8-9H2,1-2H3,(H,16,17). The molecule has 0 heterocycles. The predicted molar refractivity (Wildman–Crippen MR) is 79.5 cm³/mol. The lowest BCUT2D eigenvalue weighted by Crippen LogP contribution is -2.24. The van der Waals surface area contributed by atoms with Crippen molar-refractivity contribution in [2.45, 2.75) is 20.3 Å². The van der Waals surface area contributed by atoms with Crippen LogP contribution in [0.1, 0.15) is 30.6 Å². The molecule has 0 spiro atoms. The molecular formula is C14H20BrNO3. The van der Waals surface area contributed by atoms with Gasteiger partial charge in [0.1, 0.15) is 0 Å². The molecule has 0 aliphatic rings. The summed E-state index contributed by atoms with van der Waals surface area (Å²) in [6.07, 6.45) is 0.904. The molecule has 0 unspecified atom stereocenters. The second-order valence-corrected chi connectivity index (χ2v) is 4.62. The Morgan fingerprint density at radius 3 is 2.53 bits per heavy atom. The molecule has 1 aromatic rings. The van der Waals surface area contributed by atoms with Crippen molar-refractivity contribution in [3.8, 4) is 11.5 Å². The van der Waals surface area contributed by atoms with Crippen LogP contribution in [0.15, 0.2) is 18.2 Å². The van der Waals surface area contributed by atoms with Crippen molar-refractivity contribution < 1.29 is 14.3 Å². The number of rotatable bonds is 8. The van der Waals surface area contributed by atoms with Gasteiger partial charge < -0.3 is 14.8 Å². The van der Waals surface area contributed by atoms with Crippen molar-refractivity contribution in [3.63, 3.8) is 0 Å². The number of hydrogen-bond donors (Lipinski definition) is 1. The van der Waals surface area contributed by atoms with Gasteiger partial charge in [0.25, 0.3) is 5.91 Å². The average Bonchev–Trinajstić information content (AvgIpc) is 2.41. The fourth-order valence-electron chi connectivity index (χ4n) is 1.56. The minimum absolute atomic E-state index is 0.0926. The minimum Gasteiger partial charge on any atom is -0.490 e. The lowest BCUT2D eigenvalue weighted by atomic mass is 10.2. The lowest BCUT2D eigenvalue weighted by Gasteiger charge is -2.12. The number of alkyl halides is 1. The fourth-order valence-corrected chi connectivity index (χ4v) is 1.84. The van der Waals surface area contributed by atoms with Crippen LogP contribution in [0.25, 0.3) is 0 Å². The molecule has 0 fully saturated rings. The summed E-state index contributed by atoms with van der Waals surface area (Å²) in [6, 6.07) is 5.24. The molecule has 0 saturated carbocycles. The Hall–Kier alpha value is -1.23. The van der Waals surface area contributed by atoms with Crippen LogP contribution in [0.3, 0.4) is 0 Å². The van der Waals surface area contributed by atoms with Crippen molar-refractivity contribution in [2.75, 3.05) is 25.1 Å². The topological polar surface area (TPSA) is 47.6 Å². The van der Waals surface area contributed by atoms with Gasteiger partial charge in [0.15, 0.2) is 11.5 Å². The van der Waals surface area contributed by atoms with E-state index >= 15 is 0 Å². The first-order valence-electron chi connectivity index (χ1n) is 6.46. The van der Waals surface area contributed by atoms with E-state index in [1.54, 1.807) is 18.2 Å². The normalized spacial score (nSPS) is 10.1. The van der Waals surface area contributed by atoms with Crippen molar-refractivity contribution in [1.29, 1.82) is 0 Å². The van der Waals surface area contributed by atoms with Crippen LogP contribution in [0.2, 0.25) is 0 Å². The molecule has 1 aromatic carbocycles. The number of nitrogens with one attached hydrogen (secondary N) is 1. The van der Waals surface area contributed by atoms with Crippen molar-refractivity contribution >= 4 is 21.8 Å². The highest BCUT2D eigenvalue weighted by Crippen LogP contribution is 2.28. The third kappa shape index (κ3) is 5.11. The summed E-state index contributed by atoms with van der Waals surface area (Å²) < 4.78 is 11.0. The molecule has 0 aromatic heterocycles. The quantitative estimate of drug-likeness (QED) is 0.589. The molecule has 4 nitrogen and oxygen atoms in total. The summed E-state index contributed by atoms with van der Waals surface area (Å²) in [6.45, 7) is 5.57. The minimum atomic E-state index is -0.0926. The molecule has 0 aliphatic heterocycles. The number of carbonyl (C=O) groups is 1. The second-order valence-electron chi connectivity index (χ2n) is 3.83. The second kappa shape index (κ2) is 8.80. The number of halogens is 1. The third-order valence-electron chi connectivity index (χ3n) is 2.40. The fraction of sp³-hybridized carbons (Fsp3) is 0.500. The van der Waals surface area contributed by atoms with Crippen LogP contribution in [0, 0.1) is 0 Å². The van der Waals surface area contributed by atoms with E-state index in [2.05, 4.69) is 21.2 Å². The van der Waals surface area contributed by atoms with E-state index < -0.39 is 0 Å². The monoisotopic (exact) mass is 329 g/mol. The van der Waals surface area contributed by atoms with Crippen LogP contribution in [0.5, 0.6) is 11.5 Å². The first kappa shape index (κ1) is 15.8. The van der Waals surface area contributed by atoms with Gasteiger partial charge >= 0.3 is 0 Å². The van der Waals surface area contributed by atoms with E-state index in [-0.39, 0.29) is 5.91 Å². The highest BCUT2D eigenvalue weighted by molar-refractivity contribution is 9.09. The molecule has 0 atom stereocenters. The van der Waals surface area contributed by atoms with E-state index in [9.17, 15) is 4.79 Å². The Morgan fingerprint density at radius 2 is 1.89 bits per heavy atom. The highest BCUT2D eigenvalue weighted by atomic mass is 79.9. The zero-order valence-electron chi connectivity index (χ0n) is 11.4. The lowest BCUT2D eigenvalue weighted by molar-refractivity contribution is 0.0953. The maximum atomic E-state index is 11.9. The summed E-state index contributed by atoms with van der Waals surface area (Å²) in [7, 11) is 0. The largest absolute Gasteiger partial charge is 0.490 e. The highest BCUT2D eigenvalue weighted by Gasteiger charge is 2.10. The summed E-state index contributed by atoms with van der Waals surface area (Å²) in [5.41, 5.74) is 0.585. The maximum Gasteiger partial charge on any atom is 0.251 e. The van der Waals surface area contributed by atoms with Crippen LogP contribution < -0.4 is 14.8 Å². The SMILES string of the molecule is CCOc1ccc(C(=O)NCCCBr)cc1OCC. The molecule has 106 valence electrons. The predicted octanol–water partition coefficient (Wildman–Crippen LogP) is 3.00. The van der Waals surface area contributed by atoms with Gasteiger partial charge in [-0.25, -0.2) is 0 Å². The van der Waals surface area contributed by atoms with E-state index in [4.69, 9.17) is 9.47 Å². The van der Waals surface area contributed by atoms with Crippen LogP contribution in [-0.2, 0) is 0 Å². The Balaban J connectivity index is 2.78. The van der Waals surface area contributed by atoms with Gasteiger partial charge in [-0.1, -0.05) is 15.9 Å². The van der Waals surface area contributed by atoms with Crippen molar-refractivity contribution in [3.05, 3.63) is 23.8 Å². The third-order valence-corrected chi connectivity index (χ3v) is 2.96. The Morgan fingerprint density at radius 1 is 1.21 bits per heavy atom. The molecule has 0 radical (unpaired) electrons. The van der Waals surface area contributed by atoms with Crippen molar-refractivity contribution in [1.82, 2.24) is 5.32 Å². The molecule has 5 heteroatoms. The summed E-state index contributed by atoms with van der Waals surface area (Å²) in [5.74, 6) is 1.18. The van der Waals surface area contributed by atoms with Gasteiger partial charge in [0.05, 0.1) is 13.2 Å². The number of carbonyl (C=O) groups excluding carboxylic acids is 1. The number of amides is 1. The van der Waals surface area contributed by atoms with Gasteiger partial charge in [-0.3, -0.25) is 4.79 Å². The van der Waals surface area contributed by atoms with E-state index in [1.807, 2.05) is 13.8 Å². The number of ether oxygens (including phenoxy) is 2. The van der Waals surface area contributed by atoms with Gasteiger partial charge in [-0.15, -0.1) is 0 Å². The molecule has 0 saturated heterocycles. The maximum absolute atomic E-state index is 11.9. The first-order chi connectivity index (χ1) is 9.22. The molecule has 0 aliphatic carbocycles. The molecular weight excluding hydrogens is 310 g/mol. The van der Waals surface area contributed by atoms with E-state index in [1.165, 1.54) is 0 Å². The molecule has 19 heavy (non-hydrogen) atoms. The first-order valence-corrected chi connectivity index (χ1v) is 7.58. The number of hydrogen-bond acceptors (Lipinski definition) is 3. The molecule has 1 amide bonds. The zero-order valence-corrected chi connectivity index (χ0v) is 13.0. The van der Waals surface area contributed by atoms with Gasteiger partial charge in [-0.05, 0) is 38.5 Å². The van der Waals surface area contributed by atoms with Gasteiger partial charge in [-0.2, -0.15) is 0 Å².